The van der Waals surface area contributed by atoms with Crippen LogP contribution in [0.3, 0.4) is 0 Å². The minimum absolute atomic E-state index is 0.137. The average Bonchev–Trinajstić information content (AvgIpc) is 3.22. The number of halogens is 1. The van der Waals surface area contributed by atoms with Crippen LogP contribution in [-0.2, 0) is 4.79 Å². The molecule has 3 rings (SSSR count). The molecular formula is C15H15FN2O2. The fourth-order valence-electron chi connectivity index (χ4n) is 2.29. The summed E-state index contributed by atoms with van der Waals surface area (Å²) < 4.78 is 13.2. The first-order valence-electron chi connectivity index (χ1n) is 6.62. The van der Waals surface area contributed by atoms with Gasteiger partial charge in [0.05, 0.1) is 11.3 Å². The van der Waals surface area contributed by atoms with Gasteiger partial charge in [-0.15, -0.1) is 0 Å². The molecule has 20 heavy (non-hydrogen) atoms. The molecule has 1 aromatic rings. The van der Waals surface area contributed by atoms with Gasteiger partial charge in [0.25, 0.3) is 11.7 Å². The van der Waals surface area contributed by atoms with Crippen LogP contribution in [0.5, 0.6) is 0 Å². The summed E-state index contributed by atoms with van der Waals surface area (Å²) in [4.78, 5) is 25.1. The van der Waals surface area contributed by atoms with E-state index in [9.17, 15) is 14.0 Å². The lowest BCUT2D eigenvalue weighted by molar-refractivity contribution is -0.114. The lowest BCUT2D eigenvalue weighted by atomic mass is 10.1. The second kappa shape index (κ2) is 4.83. The van der Waals surface area contributed by atoms with Crippen LogP contribution in [0.15, 0.2) is 30.4 Å². The minimum atomic E-state index is -0.651. The molecule has 1 aromatic carbocycles. The normalized spacial score (nSPS) is 17.6. The smallest absolute Gasteiger partial charge is 0.299 e. The van der Waals surface area contributed by atoms with E-state index in [0.29, 0.717) is 18.3 Å². The number of rotatable bonds is 5. The van der Waals surface area contributed by atoms with Crippen LogP contribution in [-0.4, -0.2) is 30.8 Å². The summed E-state index contributed by atoms with van der Waals surface area (Å²) in [6.45, 7) is 4.83. The fourth-order valence-corrected chi connectivity index (χ4v) is 2.29. The van der Waals surface area contributed by atoms with E-state index in [4.69, 9.17) is 0 Å². The lowest BCUT2D eigenvalue weighted by Crippen LogP contribution is -2.33. The van der Waals surface area contributed by atoms with E-state index in [1.165, 1.54) is 29.9 Å². The van der Waals surface area contributed by atoms with Crippen LogP contribution in [0, 0.1) is 5.82 Å². The Morgan fingerprint density at radius 1 is 1.40 bits per heavy atom. The van der Waals surface area contributed by atoms with Gasteiger partial charge in [-0.3, -0.25) is 9.59 Å². The molecule has 1 saturated carbocycles. The molecule has 0 saturated heterocycles. The zero-order chi connectivity index (χ0) is 14.3. The van der Waals surface area contributed by atoms with Gasteiger partial charge in [0.1, 0.15) is 5.82 Å². The molecule has 1 N–H and O–H groups in total. The van der Waals surface area contributed by atoms with Crippen molar-refractivity contribution >= 4 is 17.4 Å². The van der Waals surface area contributed by atoms with Gasteiger partial charge in [-0.1, -0.05) is 6.58 Å². The van der Waals surface area contributed by atoms with Gasteiger partial charge in [-0.05, 0) is 36.6 Å². The number of nitrogens with zero attached hydrogens (tertiary/aromatic N) is 1. The Morgan fingerprint density at radius 2 is 2.15 bits per heavy atom. The summed E-state index contributed by atoms with van der Waals surface area (Å²) >= 11 is 0. The molecule has 2 aliphatic rings. The Kier molecular flexibility index (Phi) is 3.14. The average molecular weight is 274 g/mol. The molecule has 0 aromatic heterocycles. The maximum atomic E-state index is 13.2. The third-order valence-corrected chi connectivity index (χ3v) is 3.53. The molecule has 0 atom stereocenters. The highest BCUT2D eigenvalue weighted by Crippen LogP contribution is 2.30. The highest BCUT2D eigenvalue weighted by atomic mass is 19.1. The predicted molar refractivity (Wildman–Crippen MR) is 73.2 cm³/mol. The number of fused-ring (bicyclic) bond motifs is 1. The number of carbonyl (C=O) groups excluding carboxylic acids is 2. The number of hydrogen-bond acceptors (Lipinski definition) is 3. The zero-order valence-corrected chi connectivity index (χ0v) is 11.0. The Bertz CT molecular complexity index is 608. The lowest BCUT2D eigenvalue weighted by Gasteiger charge is -2.18. The van der Waals surface area contributed by atoms with E-state index < -0.39 is 17.5 Å². The molecule has 1 fully saturated rings. The molecule has 1 aliphatic carbocycles. The van der Waals surface area contributed by atoms with Gasteiger partial charge < -0.3 is 10.2 Å². The van der Waals surface area contributed by atoms with E-state index >= 15 is 0 Å². The summed E-state index contributed by atoms with van der Waals surface area (Å²) in [5.41, 5.74) is 1.43. The SMILES string of the molecule is C=C(CNC1CC1)CN1C(=O)C(=O)c2cc(F)ccc21. The van der Waals surface area contributed by atoms with Crippen LogP contribution in [0.2, 0.25) is 0 Å². The molecule has 0 radical (unpaired) electrons. The second-order valence-electron chi connectivity index (χ2n) is 5.29. The highest BCUT2D eigenvalue weighted by molar-refractivity contribution is 6.52. The number of nitrogens with one attached hydrogen (secondary N) is 1. The van der Waals surface area contributed by atoms with Gasteiger partial charge >= 0.3 is 0 Å². The summed E-state index contributed by atoms with van der Waals surface area (Å²) in [5.74, 6) is -1.78. The van der Waals surface area contributed by atoms with Crippen molar-refractivity contribution in [3.05, 3.63) is 41.7 Å². The Labute approximate surface area is 116 Å². The largest absolute Gasteiger partial charge is 0.310 e. The molecule has 0 unspecified atom stereocenters. The van der Waals surface area contributed by atoms with Gasteiger partial charge in [-0.25, -0.2) is 4.39 Å². The first-order valence-corrected chi connectivity index (χ1v) is 6.62. The maximum Gasteiger partial charge on any atom is 0.299 e. The van der Waals surface area contributed by atoms with Crippen molar-refractivity contribution in [2.45, 2.75) is 18.9 Å². The van der Waals surface area contributed by atoms with Crippen molar-refractivity contribution < 1.29 is 14.0 Å². The van der Waals surface area contributed by atoms with Gasteiger partial charge in [0.15, 0.2) is 0 Å². The van der Waals surface area contributed by atoms with Crippen LogP contribution in [0.1, 0.15) is 23.2 Å². The van der Waals surface area contributed by atoms with Crippen molar-refractivity contribution in [3.63, 3.8) is 0 Å². The van der Waals surface area contributed by atoms with E-state index in [1.807, 2.05) is 0 Å². The molecule has 1 aliphatic heterocycles. The van der Waals surface area contributed by atoms with E-state index in [-0.39, 0.29) is 12.1 Å². The molecule has 1 heterocycles. The van der Waals surface area contributed by atoms with Crippen molar-refractivity contribution in [2.75, 3.05) is 18.0 Å². The molecule has 4 nitrogen and oxygen atoms in total. The van der Waals surface area contributed by atoms with E-state index in [0.717, 1.165) is 11.6 Å². The van der Waals surface area contributed by atoms with Crippen LogP contribution in [0.25, 0.3) is 0 Å². The first-order chi connectivity index (χ1) is 9.56. The third-order valence-electron chi connectivity index (χ3n) is 3.53. The van der Waals surface area contributed by atoms with E-state index in [2.05, 4.69) is 11.9 Å². The number of carbonyl (C=O) groups is 2. The molecule has 0 bridgehead atoms. The van der Waals surface area contributed by atoms with Crippen molar-refractivity contribution in [3.8, 4) is 0 Å². The zero-order valence-electron chi connectivity index (χ0n) is 11.0. The molecule has 1 amide bonds. The minimum Gasteiger partial charge on any atom is -0.310 e. The molecule has 5 heteroatoms. The molecule has 0 spiro atoms. The summed E-state index contributed by atoms with van der Waals surface area (Å²) in [5, 5.41) is 3.31. The van der Waals surface area contributed by atoms with Crippen molar-refractivity contribution in [2.24, 2.45) is 0 Å². The summed E-state index contributed by atoms with van der Waals surface area (Å²) in [6, 6.07) is 4.39. The Hall–Kier alpha value is -2.01. The van der Waals surface area contributed by atoms with Crippen molar-refractivity contribution in [1.29, 1.82) is 0 Å². The van der Waals surface area contributed by atoms with Gasteiger partial charge in [0.2, 0.25) is 0 Å². The third kappa shape index (κ3) is 2.36. The monoisotopic (exact) mass is 274 g/mol. The van der Waals surface area contributed by atoms with Crippen LogP contribution in [0.4, 0.5) is 10.1 Å². The predicted octanol–water partition coefficient (Wildman–Crippen LogP) is 1.66. The quantitative estimate of drug-likeness (QED) is 0.656. The molecule has 104 valence electrons. The summed E-state index contributed by atoms with van der Waals surface area (Å²) in [7, 11) is 0. The Balaban J connectivity index is 1.74. The number of Topliss-reactive ketones (excluding diaryl/α,β-unsaturated/α-hetero) is 1. The highest BCUT2D eigenvalue weighted by Gasteiger charge is 2.36. The number of benzene rings is 1. The fraction of sp³-hybridized carbons (Fsp3) is 0.333. The van der Waals surface area contributed by atoms with Gasteiger partial charge in [0, 0.05) is 19.1 Å². The van der Waals surface area contributed by atoms with Crippen molar-refractivity contribution in [1.82, 2.24) is 5.32 Å². The molecular weight excluding hydrogens is 259 g/mol. The number of anilines is 1. The maximum absolute atomic E-state index is 13.2. The van der Waals surface area contributed by atoms with Crippen LogP contribution < -0.4 is 10.2 Å². The van der Waals surface area contributed by atoms with E-state index in [1.54, 1.807) is 0 Å². The first kappa shape index (κ1) is 13.0. The van der Waals surface area contributed by atoms with Crippen LogP contribution >= 0.6 is 0 Å². The number of hydrogen-bond donors (Lipinski definition) is 1. The summed E-state index contributed by atoms with van der Waals surface area (Å²) in [6.07, 6.45) is 2.35. The van der Waals surface area contributed by atoms with Gasteiger partial charge in [-0.2, -0.15) is 0 Å². The standard InChI is InChI=1S/C15H15FN2O2/c1-9(7-17-11-3-4-11)8-18-13-5-2-10(16)6-12(13)14(19)15(18)20/h2,5-6,11,17H,1,3-4,7-8H2. The Morgan fingerprint density at radius 3 is 2.85 bits per heavy atom. The second-order valence-corrected chi connectivity index (χ2v) is 5.29. The number of amides is 1. The number of ketones is 1. The topological polar surface area (TPSA) is 49.4 Å².